The molecule has 0 saturated heterocycles. The van der Waals surface area contributed by atoms with Gasteiger partial charge in [0, 0.05) is 19.0 Å². The number of nitrogens with one attached hydrogen (secondary N) is 2. The number of carbonyl (C=O) groups is 2. The maximum absolute atomic E-state index is 11.9. The fraction of sp³-hybridized carbons (Fsp3) is 0.867. The number of amides is 1. The zero-order chi connectivity index (χ0) is 15.0. The van der Waals surface area contributed by atoms with Gasteiger partial charge in [0.15, 0.2) is 0 Å². The van der Waals surface area contributed by atoms with E-state index in [-0.39, 0.29) is 18.5 Å². The second kappa shape index (κ2) is 8.25. The lowest BCUT2D eigenvalue weighted by Gasteiger charge is -2.28. The van der Waals surface area contributed by atoms with E-state index in [4.69, 9.17) is 0 Å². The molecule has 1 fully saturated rings. The van der Waals surface area contributed by atoms with Crippen molar-refractivity contribution in [2.24, 2.45) is 5.41 Å². The minimum atomic E-state index is -0.764. The van der Waals surface area contributed by atoms with Gasteiger partial charge in [0.05, 0.1) is 5.41 Å². The first-order valence-corrected chi connectivity index (χ1v) is 7.73. The highest BCUT2D eigenvalue weighted by Gasteiger charge is 2.38. The molecule has 0 spiro atoms. The van der Waals surface area contributed by atoms with Gasteiger partial charge in [-0.15, -0.1) is 0 Å². The topological polar surface area (TPSA) is 78.4 Å². The summed E-state index contributed by atoms with van der Waals surface area (Å²) in [6, 6.07) is 0.120. The van der Waals surface area contributed by atoms with Crippen LogP contribution in [-0.2, 0) is 9.59 Å². The predicted molar refractivity (Wildman–Crippen MR) is 78.5 cm³/mol. The predicted octanol–water partition coefficient (Wildman–Crippen LogP) is 1.92. The minimum absolute atomic E-state index is 0.0664. The number of hydrogen-bond acceptors (Lipinski definition) is 3. The zero-order valence-corrected chi connectivity index (χ0v) is 12.7. The number of carboxylic acid groups (broad SMARTS) is 1. The summed E-state index contributed by atoms with van der Waals surface area (Å²) >= 11 is 0. The normalized spacial score (nSPS) is 19.9. The molecule has 3 N–H and O–H groups in total. The summed E-state index contributed by atoms with van der Waals surface area (Å²) < 4.78 is 0. The first-order valence-electron chi connectivity index (χ1n) is 7.73. The molecule has 1 unspecified atom stereocenters. The summed E-state index contributed by atoms with van der Waals surface area (Å²) in [5, 5.41) is 15.5. The van der Waals surface area contributed by atoms with E-state index in [0.717, 1.165) is 32.2 Å². The van der Waals surface area contributed by atoms with Gasteiger partial charge >= 0.3 is 5.97 Å². The fourth-order valence-corrected chi connectivity index (χ4v) is 2.91. The van der Waals surface area contributed by atoms with Gasteiger partial charge in [-0.3, -0.25) is 9.59 Å². The SMILES string of the molecule is CCNC(C)CC(=O)NCC1(C(=O)O)CCCCCC1. The summed E-state index contributed by atoms with van der Waals surface area (Å²) in [7, 11) is 0. The molecule has 1 atom stereocenters. The molecular formula is C15H28N2O3. The number of aliphatic carboxylic acids is 1. The summed E-state index contributed by atoms with van der Waals surface area (Å²) in [6.45, 7) is 5.05. The van der Waals surface area contributed by atoms with E-state index < -0.39 is 11.4 Å². The minimum Gasteiger partial charge on any atom is -0.481 e. The van der Waals surface area contributed by atoms with E-state index >= 15 is 0 Å². The Morgan fingerprint density at radius 3 is 2.30 bits per heavy atom. The highest BCUT2D eigenvalue weighted by Crippen LogP contribution is 2.34. The Balaban J connectivity index is 2.50. The van der Waals surface area contributed by atoms with Crippen LogP contribution in [0.25, 0.3) is 0 Å². The largest absolute Gasteiger partial charge is 0.481 e. The second-order valence-electron chi connectivity index (χ2n) is 5.94. The molecule has 20 heavy (non-hydrogen) atoms. The van der Waals surface area contributed by atoms with E-state index in [1.807, 2.05) is 13.8 Å². The summed E-state index contributed by atoms with van der Waals surface area (Å²) in [5.41, 5.74) is -0.756. The smallest absolute Gasteiger partial charge is 0.311 e. The van der Waals surface area contributed by atoms with Crippen LogP contribution in [0.1, 0.15) is 58.8 Å². The lowest BCUT2D eigenvalue weighted by Crippen LogP contribution is -2.44. The lowest BCUT2D eigenvalue weighted by molar-refractivity contribution is -0.149. The quantitative estimate of drug-likeness (QED) is 0.624. The molecule has 5 nitrogen and oxygen atoms in total. The highest BCUT2D eigenvalue weighted by molar-refractivity contribution is 5.79. The Bertz CT molecular complexity index is 323. The van der Waals surface area contributed by atoms with Gasteiger partial charge in [-0.2, -0.15) is 0 Å². The Labute approximate surface area is 121 Å². The number of carboxylic acids is 1. The second-order valence-corrected chi connectivity index (χ2v) is 5.94. The van der Waals surface area contributed by atoms with Gasteiger partial charge in [-0.25, -0.2) is 0 Å². The van der Waals surface area contributed by atoms with Crippen LogP contribution in [0.2, 0.25) is 0 Å². The molecule has 0 aromatic heterocycles. The Morgan fingerprint density at radius 2 is 1.80 bits per heavy atom. The third-order valence-corrected chi connectivity index (χ3v) is 4.18. The Hall–Kier alpha value is -1.10. The van der Waals surface area contributed by atoms with Crippen molar-refractivity contribution in [1.82, 2.24) is 10.6 Å². The van der Waals surface area contributed by atoms with Crippen molar-refractivity contribution in [3.05, 3.63) is 0 Å². The first-order chi connectivity index (χ1) is 9.50. The Kier molecular flexibility index (Phi) is 6.99. The zero-order valence-electron chi connectivity index (χ0n) is 12.7. The molecular weight excluding hydrogens is 256 g/mol. The molecule has 1 aliphatic rings. The van der Waals surface area contributed by atoms with Crippen molar-refractivity contribution in [1.29, 1.82) is 0 Å². The van der Waals surface area contributed by atoms with Crippen molar-refractivity contribution in [2.75, 3.05) is 13.1 Å². The van der Waals surface area contributed by atoms with Crippen LogP contribution >= 0.6 is 0 Å². The molecule has 1 aliphatic carbocycles. The van der Waals surface area contributed by atoms with Crippen molar-refractivity contribution in [3.63, 3.8) is 0 Å². The van der Waals surface area contributed by atoms with Crippen LogP contribution in [0.5, 0.6) is 0 Å². The maximum Gasteiger partial charge on any atom is 0.311 e. The molecule has 116 valence electrons. The van der Waals surface area contributed by atoms with Gasteiger partial charge in [-0.05, 0) is 26.3 Å². The van der Waals surface area contributed by atoms with Gasteiger partial charge in [0.25, 0.3) is 0 Å². The van der Waals surface area contributed by atoms with Gasteiger partial charge in [0.1, 0.15) is 0 Å². The van der Waals surface area contributed by atoms with Crippen LogP contribution in [-0.4, -0.2) is 36.1 Å². The third-order valence-electron chi connectivity index (χ3n) is 4.18. The van der Waals surface area contributed by atoms with Gasteiger partial charge in [0.2, 0.25) is 5.91 Å². The standard InChI is InChI=1S/C15H28N2O3/c1-3-16-12(2)10-13(18)17-11-15(14(19)20)8-6-4-5-7-9-15/h12,16H,3-11H2,1-2H3,(H,17,18)(H,19,20). The molecule has 5 heteroatoms. The van der Waals surface area contributed by atoms with E-state index in [1.165, 1.54) is 0 Å². The molecule has 0 heterocycles. The van der Waals surface area contributed by atoms with Crippen molar-refractivity contribution >= 4 is 11.9 Å². The van der Waals surface area contributed by atoms with Gasteiger partial charge in [-0.1, -0.05) is 32.6 Å². The lowest BCUT2D eigenvalue weighted by atomic mass is 9.80. The van der Waals surface area contributed by atoms with Crippen LogP contribution in [0.4, 0.5) is 0 Å². The van der Waals surface area contributed by atoms with Gasteiger partial charge < -0.3 is 15.7 Å². The summed E-state index contributed by atoms with van der Waals surface area (Å²) in [4.78, 5) is 23.5. The van der Waals surface area contributed by atoms with Crippen LogP contribution in [0, 0.1) is 5.41 Å². The number of carbonyl (C=O) groups excluding carboxylic acids is 1. The molecule has 0 bridgehead atoms. The molecule has 0 radical (unpaired) electrons. The molecule has 0 aliphatic heterocycles. The van der Waals surface area contributed by atoms with E-state index in [9.17, 15) is 14.7 Å². The molecule has 1 rings (SSSR count). The highest BCUT2D eigenvalue weighted by atomic mass is 16.4. The van der Waals surface area contributed by atoms with E-state index in [0.29, 0.717) is 19.3 Å². The number of hydrogen-bond donors (Lipinski definition) is 3. The van der Waals surface area contributed by atoms with Crippen molar-refractivity contribution in [2.45, 2.75) is 64.8 Å². The third kappa shape index (κ3) is 5.12. The van der Waals surface area contributed by atoms with Crippen LogP contribution in [0.3, 0.4) is 0 Å². The van der Waals surface area contributed by atoms with Crippen molar-refractivity contribution < 1.29 is 14.7 Å². The average Bonchev–Trinajstić information content (AvgIpc) is 2.63. The fourth-order valence-electron chi connectivity index (χ4n) is 2.91. The number of rotatable bonds is 7. The maximum atomic E-state index is 11.9. The molecule has 0 aromatic rings. The van der Waals surface area contributed by atoms with E-state index in [1.54, 1.807) is 0 Å². The van der Waals surface area contributed by atoms with Crippen molar-refractivity contribution in [3.8, 4) is 0 Å². The molecule has 1 amide bonds. The monoisotopic (exact) mass is 284 g/mol. The Morgan fingerprint density at radius 1 is 1.20 bits per heavy atom. The summed E-state index contributed by atoms with van der Waals surface area (Å²) in [5.74, 6) is -0.831. The average molecular weight is 284 g/mol. The first kappa shape index (κ1) is 17.0. The van der Waals surface area contributed by atoms with E-state index in [2.05, 4.69) is 10.6 Å². The molecule has 1 saturated carbocycles. The molecule has 0 aromatic carbocycles. The summed E-state index contributed by atoms with van der Waals surface area (Å²) in [6.07, 6.45) is 5.81. The van der Waals surface area contributed by atoms with Crippen LogP contribution in [0.15, 0.2) is 0 Å². The van der Waals surface area contributed by atoms with Crippen LogP contribution < -0.4 is 10.6 Å².